The van der Waals surface area contributed by atoms with Crippen molar-refractivity contribution in [1.29, 1.82) is 0 Å². The van der Waals surface area contributed by atoms with Crippen molar-refractivity contribution < 1.29 is 9.32 Å². The number of hydrogen-bond donors (Lipinski definition) is 1. The fraction of sp³-hybridized carbons (Fsp3) is 0.526. The summed E-state index contributed by atoms with van der Waals surface area (Å²) in [4.78, 5) is 20.8. The summed E-state index contributed by atoms with van der Waals surface area (Å²) < 4.78 is 5.09. The number of anilines is 1. The lowest BCUT2D eigenvalue weighted by molar-refractivity contribution is 0.217. The number of aryl methyl sites for hydroxylation is 1. The lowest BCUT2D eigenvalue weighted by atomic mass is 10.1. The third-order valence-corrected chi connectivity index (χ3v) is 4.64. The highest BCUT2D eigenvalue weighted by atomic mass is 16.5. The van der Waals surface area contributed by atoms with Gasteiger partial charge in [-0.15, -0.1) is 0 Å². The van der Waals surface area contributed by atoms with Crippen LogP contribution in [0.1, 0.15) is 43.5 Å². The van der Waals surface area contributed by atoms with Crippen molar-refractivity contribution in [3.8, 4) is 0 Å². The van der Waals surface area contributed by atoms with E-state index >= 15 is 0 Å². The molecule has 140 valence electrons. The molecule has 2 amide bonds. The van der Waals surface area contributed by atoms with Crippen molar-refractivity contribution in [3.63, 3.8) is 0 Å². The topological polar surface area (TPSA) is 74.5 Å². The van der Waals surface area contributed by atoms with Crippen LogP contribution in [0.2, 0.25) is 0 Å². The third-order valence-electron chi connectivity index (χ3n) is 4.64. The predicted molar refractivity (Wildman–Crippen MR) is 99.7 cm³/mol. The van der Waals surface area contributed by atoms with Crippen LogP contribution in [0, 0.1) is 0 Å². The first kappa shape index (κ1) is 18.4. The molecule has 1 aliphatic heterocycles. The van der Waals surface area contributed by atoms with Crippen LogP contribution in [0.25, 0.3) is 0 Å². The van der Waals surface area contributed by atoms with Crippen molar-refractivity contribution in [2.24, 2.45) is 0 Å². The van der Waals surface area contributed by atoms with Gasteiger partial charge in [-0.25, -0.2) is 4.79 Å². The van der Waals surface area contributed by atoms with Gasteiger partial charge in [0.15, 0.2) is 5.82 Å². The fourth-order valence-corrected chi connectivity index (χ4v) is 3.13. The average molecular weight is 357 g/mol. The number of likely N-dealkylation sites (tertiary alicyclic amines) is 1. The molecule has 0 bridgehead atoms. The summed E-state index contributed by atoms with van der Waals surface area (Å²) >= 11 is 0. The number of carbonyl (C=O) groups is 1. The number of rotatable bonds is 6. The number of aromatic nitrogens is 2. The average Bonchev–Trinajstić information content (AvgIpc) is 3.11. The van der Waals surface area contributed by atoms with Gasteiger partial charge in [-0.3, -0.25) is 4.90 Å². The SMILES string of the molecule is CCc1nc(CN(C)C(=O)Nc2ccccc2CN2CCCCC2)no1. The number of urea groups is 1. The van der Waals surface area contributed by atoms with E-state index in [-0.39, 0.29) is 6.03 Å². The number of hydrogen-bond acceptors (Lipinski definition) is 5. The van der Waals surface area contributed by atoms with Gasteiger partial charge < -0.3 is 14.7 Å². The number of carbonyl (C=O) groups excluding carboxylic acids is 1. The van der Waals surface area contributed by atoms with E-state index in [0.717, 1.165) is 30.9 Å². The first-order valence-corrected chi connectivity index (χ1v) is 9.29. The molecule has 2 heterocycles. The second kappa shape index (κ2) is 8.80. The zero-order chi connectivity index (χ0) is 18.4. The van der Waals surface area contributed by atoms with Crippen molar-refractivity contribution in [2.75, 3.05) is 25.5 Å². The van der Waals surface area contributed by atoms with Crippen LogP contribution in [-0.4, -0.2) is 46.1 Å². The normalized spacial score (nSPS) is 15.0. The molecule has 1 saturated heterocycles. The molecule has 0 saturated carbocycles. The second-order valence-electron chi connectivity index (χ2n) is 6.74. The molecule has 1 aromatic heterocycles. The molecule has 0 spiro atoms. The Morgan fingerprint density at radius 3 is 2.77 bits per heavy atom. The number of nitrogens with zero attached hydrogens (tertiary/aromatic N) is 4. The molecular formula is C19H27N5O2. The van der Waals surface area contributed by atoms with Gasteiger partial charge in [0.05, 0.1) is 6.54 Å². The van der Waals surface area contributed by atoms with Crippen LogP contribution >= 0.6 is 0 Å². The molecule has 2 aromatic rings. The molecule has 7 heteroatoms. The Kier molecular flexibility index (Phi) is 6.22. The van der Waals surface area contributed by atoms with E-state index in [9.17, 15) is 4.79 Å². The zero-order valence-electron chi connectivity index (χ0n) is 15.6. The van der Waals surface area contributed by atoms with E-state index in [4.69, 9.17) is 4.52 Å². The Labute approximate surface area is 154 Å². The lowest BCUT2D eigenvalue weighted by Gasteiger charge is -2.27. The van der Waals surface area contributed by atoms with Gasteiger partial charge in [-0.2, -0.15) is 4.98 Å². The minimum absolute atomic E-state index is 0.182. The molecule has 26 heavy (non-hydrogen) atoms. The minimum Gasteiger partial charge on any atom is -0.339 e. The zero-order valence-corrected chi connectivity index (χ0v) is 15.6. The first-order chi connectivity index (χ1) is 12.7. The number of piperidine rings is 1. The highest BCUT2D eigenvalue weighted by molar-refractivity contribution is 5.89. The standard InChI is InChI=1S/C19H27N5O2/c1-3-18-21-17(22-26-18)14-23(2)19(25)20-16-10-6-5-9-15(16)13-24-11-7-4-8-12-24/h5-6,9-10H,3-4,7-8,11-14H2,1-2H3,(H,20,25). The maximum atomic E-state index is 12.6. The molecule has 3 rings (SSSR count). The molecule has 0 atom stereocenters. The Bertz CT molecular complexity index is 724. The Morgan fingerprint density at radius 1 is 1.27 bits per heavy atom. The van der Waals surface area contributed by atoms with E-state index in [1.807, 2.05) is 25.1 Å². The Balaban J connectivity index is 1.61. The molecule has 1 fully saturated rings. The minimum atomic E-state index is -0.182. The largest absolute Gasteiger partial charge is 0.339 e. The van der Waals surface area contributed by atoms with Gasteiger partial charge in [0.1, 0.15) is 0 Å². The summed E-state index contributed by atoms with van der Waals surface area (Å²) in [6.07, 6.45) is 4.51. The summed E-state index contributed by atoms with van der Waals surface area (Å²) in [5, 5.41) is 6.91. The monoisotopic (exact) mass is 357 g/mol. The summed E-state index contributed by atoms with van der Waals surface area (Å²) in [6, 6.07) is 7.82. The number of para-hydroxylation sites is 1. The van der Waals surface area contributed by atoms with Crippen molar-refractivity contribution >= 4 is 11.7 Å². The highest BCUT2D eigenvalue weighted by Gasteiger charge is 2.16. The van der Waals surface area contributed by atoms with Crippen molar-refractivity contribution in [3.05, 3.63) is 41.5 Å². The maximum absolute atomic E-state index is 12.6. The summed E-state index contributed by atoms with van der Waals surface area (Å²) in [7, 11) is 1.73. The van der Waals surface area contributed by atoms with Gasteiger partial charge in [0.25, 0.3) is 0 Å². The number of amides is 2. The van der Waals surface area contributed by atoms with Crippen LogP contribution in [0.4, 0.5) is 10.5 Å². The smallest absolute Gasteiger partial charge is 0.322 e. The molecule has 1 aromatic carbocycles. The van der Waals surface area contributed by atoms with Crippen LogP contribution in [0.5, 0.6) is 0 Å². The highest BCUT2D eigenvalue weighted by Crippen LogP contribution is 2.20. The van der Waals surface area contributed by atoms with Crippen molar-refractivity contribution in [1.82, 2.24) is 19.9 Å². The lowest BCUT2D eigenvalue weighted by Crippen LogP contribution is -2.32. The Morgan fingerprint density at radius 2 is 2.04 bits per heavy atom. The van der Waals surface area contributed by atoms with E-state index in [0.29, 0.717) is 24.7 Å². The van der Waals surface area contributed by atoms with E-state index in [1.165, 1.54) is 19.3 Å². The summed E-state index contributed by atoms with van der Waals surface area (Å²) in [6.45, 7) is 5.38. The molecule has 7 nitrogen and oxygen atoms in total. The number of benzene rings is 1. The van der Waals surface area contributed by atoms with E-state index < -0.39 is 0 Å². The molecular weight excluding hydrogens is 330 g/mol. The van der Waals surface area contributed by atoms with E-state index in [1.54, 1.807) is 11.9 Å². The van der Waals surface area contributed by atoms with Crippen LogP contribution in [0.3, 0.4) is 0 Å². The second-order valence-corrected chi connectivity index (χ2v) is 6.74. The summed E-state index contributed by atoms with van der Waals surface area (Å²) in [5.74, 6) is 1.10. The van der Waals surface area contributed by atoms with Crippen LogP contribution < -0.4 is 5.32 Å². The van der Waals surface area contributed by atoms with E-state index in [2.05, 4.69) is 26.4 Å². The number of nitrogens with one attached hydrogen (secondary N) is 1. The first-order valence-electron chi connectivity index (χ1n) is 9.29. The maximum Gasteiger partial charge on any atom is 0.322 e. The fourth-order valence-electron chi connectivity index (χ4n) is 3.13. The molecule has 1 N–H and O–H groups in total. The summed E-state index contributed by atoms with van der Waals surface area (Å²) in [5.41, 5.74) is 2.00. The van der Waals surface area contributed by atoms with Gasteiger partial charge in [0.2, 0.25) is 5.89 Å². The van der Waals surface area contributed by atoms with Gasteiger partial charge in [-0.1, -0.05) is 36.7 Å². The predicted octanol–water partition coefficient (Wildman–Crippen LogP) is 3.28. The molecule has 0 radical (unpaired) electrons. The molecule has 1 aliphatic rings. The third kappa shape index (κ3) is 4.82. The van der Waals surface area contributed by atoms with Crippen LogP contribution in [-0.2, 0) is 19.5 Å². The quantitative estimate of drug-likeness (QED) is 0.859. The van der Waals surface area contributed by atoms with Gasteiger partial charge in [-0.05, 0) is 37.6 Å². The van der Waals surface area contributed by atoms with Gasteiger partial charge in [0, 0.05) is 25.7 Å². The van der Waals surface area contributed by atoms with Gasteiger partial charge >= 0.3 is 6.03 Å². The van der Waals surface area contributed by atoms with Crippen molar-refractivity contribution in [2.45, 2.75) is 45.7 Å². The van der Waals surface area contributed by atoms with Crippen LogP contribution in [0.15, 0.2) is 28.8 Å². The molecule has 0 unspecified atom stereocenters. The Hall–Kier alpha value is -2.41. The molecule has 0 aliphatic carbocycles.